The van der Waals surface area contributed by atoms with Gasteiger partial charge in [-0.3, -0.25) is 4.79 Å². The highest BCUT2D eigenvalue weighted by Gasteiger charge is 2.27. The van der Waals surface area contributed by atoms with E-state index in [1.807, 2.05) is 0 Å². The summed E-state index contributed by atoms with van der Waals surface area (Å²) in [5, 5.41) is 17.8. The first kappa shape index (κ1) is 12.4. The average Bonchev–Trinajstić information content (AvgIpc) is 2.62. The Kier molecular flexibility index (Phi) is 3.43. The van der Waals surface area contributed by atoms with Crippen LogP contribution in [0.5, 0.6) is 0 Å². The molecule has 0 fully saturated rings. The highest BCUT2D eigenvalue weighted by Crippen LogP contribution is 2.11. The number of hydrogen-bond donors (Lipinski definition) is 3. The molecule has 0 atom stereocenters. The number of carbonyl (C=O) groups excluding carboxylic acids is 1. The monoisotopic (exact) mass is 243 g/mol. The maximum atomic E-state index is 11.8. The Morgan fingerprint density at radius 3 is 2.69 bits per heavy atom. The average molecular weight is 243 g/mol. The van der Waals surface area contributed by atoms with Crippen LogP contribution in [0.3, 0.4) is 0 Å². The number of carbonyl (C=O) groups is 1. The van der Waals surface area contributed by atoms with E-state index < -0.39 is 5.54 Å². The van der Waals surface area contributed by atoms with Crippen LogP contribution in [-0.2, 0) is 0 Å². The second-order valence-electron chi connectivity index (χ2n) is 3.75. The highest BCUT2D eigenvalue weighted by molar-refractivity contribution is 7.08. The number of oxime groups is 1. The summed E-state index contributed by atoms with van der Waals surface area (Å²) in [7, 11) is 0. The number of aromatic nitrogens is 2. The van der Waals surface area contributed by atoms with Crippen LogP contribution in [0.15, 0.2) is 5.16 Å². The van der Waals surface area contributed by atoms with Crippen LogP contribution in [0.25, 0.3) is 0 Å². The number of rotatable bonds is 3. The zero-order valence-corrected chi connectivity index (χ0v) is 10.00. The van der Waals surface area contributed by atoms with Crippen molar-refractivity contribution in [1.82, 2.24) is 14.9 Å². The minimum atomic E-state index is -0.928. The Balaban J connectivity index is 2.84. The number of amides is 1. The van der Waals surface area contributed by atoms with Crippen LogP contribution in [-0.4, -0.2) is 32.1 Å². The van der Waals surface area contributed by atoms with Gasteiger partial charge in [-0.25, -0.2) is 0 Å². The molecular formula is C8H13N5O2S. The van der Waals surface area contributed by atoms with Crippen LogP contribution in [0.4, 0.5) is 0 Å². The van der Waals surface area contributed by atoms with Crippen LogP contribution >= 0.6 is 11.5 Å². The fraction of sp³-hybridized carbons (Fsp3) is 0.500. The minimum Gasteiger partial charge on any atom is -0.409 e. The standard InChI is InChI=1S/C8H13N5O2S/c1-4-5(16-13-11-4)6(14)10-8(2,3)7(9)12-15/h15H,1-3H3,(H2,9,12)(H,10,14). The second kappa shape index (κ2) is 4.44. The molecule has 0 radical (unpaired) electrons. The number of nitrogens with one attached hydrogen (secondary N) is 1. The van der Waals surface area contributed by atoms with E-state index in [0.29, 0.717) is 10.6 Å². The summed E-state index contributed by atoms with van der Waals surface area (Å²) >= 11 is 1.00. The Hall–Kier alpha value is -1.70. The van der Waals surface area contributed by atoms with E-state index >= 15 is 0 Å². The Morgan fingerprint density at radius 1 is 1.62 bits per heavy atom. The normalized spacial score (nSPS) is 12.6. The van der Waals surface area contributed by atoms with Crippen LogP contribution in [0.2, 0.25) is 0 Å². The molecule has 16 heavy (non-hydrogen) atoms. The maximum Gasteiger partial charge on any atom is 0.265 e. The van der Waals surface area contributed by atoms with E-state index in [9.17, 15) is 4.79 Å². The molecular weight excluding hydrogens is 230 g/mol. The van der Waals surface area contributed by atoms with Gasteiger partial charge >= 0.3 is 0 Å². The van der Waals surface area contributed by atoms with Gasteiger partial charge in [-0.05, 0) is 32.3 Å². The molecule has 0 aromatic carbocycles. The summed E-state index contributed by atoms with van der Waals surface area (Å²) in [5.41, 5.74) is 5.07. The number of hydrogen-bond acceptors (Lipinski definition) is 6. The lowest BCUT2D eigenvalue weighted by molar-refractivity contribution is 0.0934. The van der Waals surface area contributed by atoms with Crippen LogP contribution in [0.1, 0.15) is 29.2 Å². The van der Waals surface area contributed by atoms with Crippen molar-refractivity contribution in [3.05, 3.63) is 10.6 Å². The van der Waals surface area contributed by atoms with Gasteiger partial charge in [-0.2, -0.15) is 0 Å². The third-order valence-corrected chi connectivity index (χ3v) is 2.86. The molecule has 8 heteroatoms. The van der Waals surface area contributed by atoms with E-state index in [1.165, 1.54) is 0 Å². The first-order valence-electron chi connectivity index (χ1n) is 4.48. The molecule has 4 N–H and O–H groups in total. The fourth-order valence-electron chi connectivity index (χ4n) is 0.969. The van der Waals surface area contributed by atoms with Crippen molar-refractivity contribution in [2.24, 2.45) is 10.9 Å². The van der Waals surface area contributed by atoms with Crippen LogP contribution in [0, 0.1) is 6.92 Å². The quantitative estimate of drug-likeness (QED) is 0.301. The minimum absolute atomic E-state index is 0.0732. The van der Waals surface area contributed by atoms with Crippen molar-refractivity contribution < 1.29 is 10.0 Å². The van der Waals surface area contributed by atoms with Gasteiger partial charge < -0.3 is 16.3 Å². The van der Waals surface area contributed by atoms with Crippen molar-refractivity contribution in [3.8, 4) is 0 Å². The molecule has 0 aliphatic heterocycles. The third-order valence-electron chi connectivity index (χ3n) is 2.03. The van der Waals surface area contributed by atoms with Crippen molar-refractivity contribution in [1.29, 1.82) is 0 Å². The number of aryl methyl sites for hydroxylation is 1. The number of nitrogens with two attached hydrogens (primary N) is 1. The zero-order chi connectivity index (χ0) is 12.3. The first-order valence-corrected chi connectivity index (χ1v) is 5.25. The largest absolute Gasteiger partial charge is 0.409 e. The molecule has 0 unspecified atom stereocenters. The predicted octanol–water partition coefficient (Wildman–Crippen LogP) is 0.101. The van der Waals surface area contributed by atoms with Gasteiger partial charge in [-0.1, -0.05) is 9.64 Å². The van der Waals surface area contributed by atoms with Gasteiger partial charge in [-0.15, -0.1) is 5.10 Å². The fourth-order valence-corrected chi connectivity index (χ4v) is 1.52. The van der Waals surface area contributed by atoms with E-state index in [1.54, 1.807) is 20.8 Å². The molecule has 0 bridgehead atoms. The molecule has 0 aliphatic carbocycles. The lowest BCUT2D eigenvalue weighted by Gasteiger charge is -2.23. The van der Waals surface area contributed by atoms with E-state index in [4.69, 9.17) is 10.9 Å². The first-order chi connectivity index (χ1) is 7.38. The molecule has 88 valence electrons. The molecule has 0 spiro atoms. The lowest BCUT2D eigenvalue weighted by atomic mass is 10.0. The molecule has 1 amide bonds. The molecule has 0 saturated carbocycles. The zero-order valence-electron chi connectivity index (χ0n) is 9.18. The topological polar surface area (TPSA) is 113 Å². The van der Waals surface area contributed by atoms with Gasteiger partial charge in [0.2, 0.25) is 0 Å². The Labute approximate surface area is 96.5 Å². The van der Waals surface area contributed by atoms with Crippen molar-refractivity contribution >= 4 is 23.3 Å². The molecule has 1 aromatic heterocycles. The predicted molar refractivity (Wildman–Crippen MR) is 59.6 cm³/mol. The number of nitrogens with zero attached hydrogens (tertiary/aromatic N) is 3. The summed E-state index contributed by atoms with van der Waals surface area (Å²) in [4.78, 5) is 12.2. The molecule has 1 rings (SSSR count). The Morgan fingerprint density at radius 2 is 2.25 bits per heavy atom. The van der Waals surface area contributed by atoms with E-state index in [2.05, 4.69) is 20.1 Å². The molecule has 0 saturated heterocycles. The highest BCUT2D eigenvalue weighted by atomic mass is 32.1. The molecule has 1 heterocycles. The molecule has 1 aromatic rings. The third kappa shape index (κ3) is 2.45. The second-order valence-corrected chi connectivity index (χ2v) is 4.51. The summed E-state index contributed by atoms with van der Waals surface area (Å²) < 4.78 is 3.66. The molecule has 0 aliphatic rings. The van der Waals surface area contributed by atoms with Crippen LogP contribution < -0.4 is 11.1 Å². The summed E-state index contributed by atoms with van der Waals surface area (Å²) in [6.07, 6.45) is 0. The van der Waals surface area contributed by atoms with E-state index in [0.717, 1.165) is 11.5 Å². The summed E-state index contributed by atoms with van der Waals surface area (Å²) in [5.74, 6) is -0.417. The smallest absolute Gasteiger partial charge is 0.265 e. The van der Waals surface area contributed by atoms with Crippen molar-refractivity contribution in [2.75, 3.05) is 0 Å². The summed E-state index contributed by atoms with van der Waals surface area (Å²) in [6, 6.07) is 0. The van der Waals surface area contributed by atoms with Gasteiger partial charge in [0, 0.05) is 0 Å². The van der Waals surface area contributed by atoms with Crippen molar-refractivity contribution in [3.63, 3.8) is 0 Å². The van der Waals surface area contributed by atoms with Crippen molar-refractivity contribution in [2.45, 2.75) is 26.3 Å². The SMILES string of the molecule is Cc1nnsc1C(=O)NC(C)(C)C(N)=NO. The van der Waals surface area contributed by atoms with Gasteiger partial charge in [0.15, 0.2) is 5.84 Å². The van der Waals surface area contributed by atoms with Gasteiger partial charge in [0.25, 0.3) is 5.91 Å². The van der Waals surface area contributed by atoms with Gasteiger partial charge in [0.05, 0.1) is 11.2 Å². The maximum absolute atomic E-state index is 11.8. The van der Waals surface area contributed by atoms with Gasteiger partial charge in [0.1, 0.15) is 4.88 Å². The van der Waals surface area contributed by atoms with E-state index in [-0.39, 0.29) is 11.7 Å². The molecule has 7 nitrogen and oxygen atoms in total. The lowest BCUT2D eigenvalue weighted by Crippen LogP contribution is -2.53. The summed E-state index contributed by atoms with van der Waals surface area (Å²) in [6.45, 7) is 4.95. The number of amidine groups is 1. The Bertz CT molecular complexity index is 426.